The SMILES string of the molecule is Cc1ccccc1NC(=O)CNOCC(N)=O. The first-order valence-corrected chi connectivity index (χ1v) is 5.08. The fraction of sp³-hybridized carbons (Fsp3) is 0.273. The molecule has 1 rings (SSSR count). The Kier molecular flexibility index (Phi) is 5.12. The van der Waals surface area contributed by atoms with Crippen molar-refractivity contribution in [1.29, 1.82) is 0 Å². The zero-order chi connectivity index (χ0) is 12.7. The van der Waals surface area contributed by atoms with Gasteiger partial charge in [-0.15, -0.1) is 0 Å². The summed E-state index contributed by atoms with van der Waals surface area (Å²) in [5, 5.41) is 2.70. The largest absolute Gasteiger partial charge is 0.368 e. The van der Waals surface area contributed by atoms with E-state index in [1.807, 2.05) is 25.1 Å². The topological polar surface area (TPSA) is 93.4 Å². The number of primary amides is 1. The van der Waals surface area contributed by atoms with Gasteiger partial charge in [0, 0.05) is 5.69 Å². The van der Waals surface area contributed by atoms with Gasteiger partial charge in [-0.3, -0.25) is 14.4 Å². The molecule has 0 unspecified atom stereocenters. The third-order valence-electron chi connectivity index (χ3n) is 1.97. The normalized spacial score (nSPS) is 9.94. The van der Waals surface area contributed by atoms with E-state index in [4.69, 9.17) is 5.73 Å². The van der Waals surface area contributed by atoms with E-state index in [-0.39, 0.29) is 19.1 Å². The van der Waals surface area contributed by atoms with E-state index in [1.54, 1.807) is 6.07 Å². The number of nitrogens with two attached hydrogens (primary N) is 1. The Morgan fingerprint density at radius 3 is 2.71 bits per heavy atom. The lowest BCUT2D eigenvalue weighted by Crippen LogP contribution is -2.31. The Morgan fingerprint density at radius 1 is 1.35 bits per heavy atom. The molecule has 0 atom stereocenters. The summed E-state index contributed by atoms with van der Waals surface area (Å²) in [6.07, 6.45) is 0. The van der Waals surface area contributed by atoms with Crippen molar-refractivity contribution < 1.29 is 14.4 Å². The van der Waals surface area contributed by atoms with Gasteiger partial charge in [-0.25, -0.2) is 0 Å². The number of para-hydroxylation sites is 1. The summed E-state index contributed by atoms with van der Waals surface area (Å²) >= 11 is 0. The predicted molar refractivity (Wildman–Crippen MR) is 63.0 cm³/mol. The average Bonchev–Trinajstić information content (AvgIpc) is 2.27. The van der Waals surface area contributed by atoms with Crippen molar-refractivity contribution in [2.24, 2.45) is 5.73 Å². The Bertz CT molecular complexity index is 407. The van der Waals surface area contributed by atoms with E-state index < -0.39 is 5.91 Å². The van der Waals surface area contributed by atoms with Crippen LogP contribution in [0.4, 0.5) is 5.69 Å². The summed E-state index contributed by atoms with van der Waals surface area (Å²) in [7, 11) is 0. The molecule has 0 aliphatic heterocycles. The Hall–Kier alpha value is -1.92. The molecule has 6 heteroatoms. The van der Waals surface area contributed by atoms with Crippen LogP contribution in [-0.4, -0.2) is 25.0 Å². The lowest BCUT2D eigenvalue weighted by Gasteiger charge is -2.08. The van der Waals surface area contributed by atoms with Crippen LogP contribution >= 0.6 is 0 Å². The summed E-state index contributed by atoms with van der Waals surface area (Å²) in [6.45, 7) is 1.58. The second kappa shape index (κ2) is 6.62. The molecular formula is C11H15N3O3. The highest BCUT2D eigenvalue weighted by Gasteiger charge is 2.04. The van der Waals surface area contributed by atoms with Gasteiger partial charge in [0.1, 0.15) is 13.2 Å². The van der Waals surface area contributed by atoms with Crippen LogP contribution < -0.4 is 16.5 Å². The molecule has 0 bridgehead atoms. The zero-order valence-corrected chi connectivity index (χ0v) is 9.53. The second-order valence-electron chi connectivity index (χ2n) is 3.44. The van der Waals surface area contributed by atoms with Crippen LogP contribution in [0.5, 0.6) is 0 Å². The van der Waals surface area contributed by atoms with Crippen molar-refractivity contribution in [2.45, 2.75) is 6.92 Å². The smallest absolute Gasteiger partial charge is 0.245 e. The number of hydroxylamine groups is 1. The second-order valence-corrected chi connectivity index (χ2v) is 3.44. The molecule has 0 radical (unpaired) electrons. The van der Waals surface area contributed by atoms with Crippen molar-refractivity contribution in [1.82, 2.24) is 5.48 Å². The van der Waals surface area contributed by atoms with Gasteiger partial charge in [0.2, 0.25) is 11.8 Å². The number of hydrogen-bond acceptors (Lipinski definition) is 4. The minimum atomic E-state index is -0.600. The van der Waals surface area contributed by atoms with Gasteiger partial charge in [0.15, 0.2) is 0 Å². The van der Waals surface area contributed by atoms with Crippen LogP contribution in [0.3, 0.4) is 0 Å². The van der Waals surface area contributed by atoms with Gasteiger partial charge < -0.3 is 11.1 Å². The molecule has 0 heterocycles. The molecule has 1 aromatic carbocycles. The molecule has 0 saturated carbocycles. The molecule has 0 saturated heterocycles. The van der Waals surface area contributed by atoms with Gasteiger partial charge in [0.25, 0.3) is 0 Å². The molecule has 6 nitrogen and oxygen atoms in total. The fourth-order valence-electron chi connectivity index (χ4n) is 1.15. The van der Waals surface area contributed by atoms with E-state index in [0.717, 1.165) is 11.3 Å². The first-order valence-electron chi connectivity index (χ1n) is 5.08. The van der Waals surface area contributed by atoms with Crippen LogP contribution in [0.2, 0.25) is 0 Å². The fourth-order valence-corrected chi connectivity index (χ4v) is 1.15. The third kappa shape index (κ3) is 5.10. The lowest BCUT2D eigenvalue weighted by atomic mass is 10.2. The standard InChI is InChI=1S/C11H15N3O3/c1-8-4-2-3-5-9(8)14-11(16)6-13-17-7-10(12)15/h2-5,13H,6-7H2,1H3,(H2,12,15)(H,14,16). The number of amides is 2. The molecule has 92 valence electrons. The molecule has 0 aromatic heterocycles. The van der Waals surface area contributed by atoms with Gasteiger partial charge >= 0.3 is 0 Å². The number of aryl methyl sites for hydroxylation is 1. The molecule has 17 heavy (non-hydrogen) atoms. The number of anilines is 1. The molecule has 1 aromatic rings. The average molecular weight is 237 g/mol. The molecular weight excluding hydrogens is 222 g/mol. The Morgan fingerprint density at radius 2 is 2.06 bits per heavy atom. The van der Waals surface area contributed by atoms with Crippen LogP contribution in [0, 0.1) is 6.92 Å². The third-order valence-corrected chi connectivity index (χ3v) is 1.97. The van der Waals surface area contributed by atoms with Crippen LogP contribution in [0.1, 0.15) is 5.56 Å². The lowest BCUT2D eigenvalue weighted by molar-refractivity contribution is -0.127. The van der Waals surface area contributed by atoms with E-state index in [2.05, 4.69) is 15.6 Å². The maximum Gasteiger partial charge on any atom is 0.245 e. The number of rotatable bonds is 6. The van der Waals surface area contributed by atoms with E-state index in [0.29, 0.717) is 0 Å². The molecule has 0 fully saturated rings. The van der Waals surface area contributed by atoms with Crippen molar-refractivity contribution in [2.75, 3.05) is 18.5 Å². The minimum absolute atomic E-state index is 0.0540. The first kappa shape index (κ1) is 13.1. The van der Waals surface area contributed by atoms with Gasteiger partial charge in [-0.1, -0.05) is 18.2 Å². The predicted octanol–water partition coefficient (Wildman–Crippen LogP) is -0.0600. The zero-order valence-electron chi connectivity index (χ0n) is 9.53. The number of benzene rings is 1. The summed E-state index contributed by atoms with van der Waals surface area (Å²) < 4.78 is 0. The Labute approximate surface area is 99.1 Å². The number of nitrogens with one attached hydrogen (secondary N) is 2. The molecule has 4 N–H and O–H groups in total. The maximum absolute atomic E-state index is 11.4. The summed E-state index contributed by atoms with van der Waals surface area (Å²) in [5.74, 6) is -0.861. The molecule has 2 amide bonds. The number of carbonyl (C=O) groups is 2. The van der Waals surface area contributed by atoms with Crippen LogP contribution in [-0.2, 0) is 14.4 Å². The van der Waals surface area contributed by atoms with E-state index in [9.17, 15) is 9.59 Å². The quantitative estimate of drug-likeness (QED) is 0.477. The maximum atomic E-state index is 11.4. The van der Waals surface area contributed by atoms with Crippen molar-refractivity contribution in [3.05, 3.63) is 29.8 Å². The van der Waals surface area contributed by atoms with Crippen LogP contribution in [0.15, 0.2) is 24.3 Å². The number of carbonyl (C=O) groups excluding carboxylic acids is 2. The summed E-state index contributed by atoms with van der Waals surface area (Å²) in [6, 6.07) is 7.42. The van der Waals surface area contributed by atoms with Crippen molar-refractivity contribution in [3.63, 3.8) is 0 Å². The van der Waals surface area contributed by atoms with Gasteiger partial charge in [0.05, 0.1) is 0 Å². The highest BCUT2D eigenvalue weighted by Crippen LogP contribution is 2.12. The molecule has 0 aliphatic carbocycles. The minimum Gasteiger partial charge on any atom is -0.368 e. The monoisotopic (exact) mass is 237 g/mol. The van der Waals surface area contributed by atoms with E-state index in [1.165, 1.54) is 0 Å². The highest BCUT2D eigenvalue weighted by atomic mass is 16.6. The molecule has 0 spiro atoms. The van der Waals surface area contributed by atoms with E-state index >= 15 is 0 Å². The Balaban J connectivity index is 2.30. The van der Waals surface area contributed by atoms with Crippen LogP contribution in [0.25, 0.3) is 0 Å². The first-order chi connectivity index (χ1) is 8.09. The van der Waals surface area contributed by atoms with Gasteiger partial charge in [-0.2, -0.15) is 5.48 Å². The van der Waals surface area contributed by atoms with Crippen molar-refractivity contribution >= 4 is 17.5 Å². The summed E-state index contributed by atoms with van der Waals surface area (Å²) in [4.78, 5) is 26.4. The molecule has 0 aliphatic rings. The summed E-state index contributed by atoms with van der Waals surface area (Å²) in [5.41, 5.74) is 8.91. The van der Waals surface area contributed by atoms with Crippen molar-refractivity contribution in [3.8, 4) is 0 Å². The highest BCUT2D eigenvalue weighted by molar-refractivity contribution is 5.92. The number of hydrogen-bond donors (Lipinski definition) is 3. The van der Waals surface area contributed by atoms with Gasteiger partial charge in [-0.05, 0) is 18.6 Å².